The van der Waals surface area contributed by atoms with Crippen LogP contribution in [0.1, 0.15) is 30.6 Å². The molecule has 1 aromatic heterocycles. The summed E-state index contributed by atoms with van der Waals surface area (Å²) in [7, 11) is 0. The van der Waals surface area contributed by atoms with Crippen molar-refractivity contribution < 1.29 is 9.84 Å². The first-order chi connectivity index (χ1) is 9.61. The van der Waals surface area contributed by atoms with Crippen LogP contribution in [0.2, 0.25) is 0 Å². The highest BCUT2D eigenvalue weighted by molar-refractivity contribution is 9.11. The zero-order valence-corrected chi connectivity index (χ0v) is 14.2. The van der Waals surface area contributed by atoms with Crippen LogP contribution in [-0.2, 0) is 0 Å². The van der Waals surface area contributed by atoms with Crippen molar-refractivity contribution in [2.24, 2.45) is 0 Å². The molecule has 0 saturated heterocycles. The van der Waals surface area contributed by atoms with Crippen molar-refractivity contribution >= 4 is 31.9 Å². The highest BCUT2D eigenvalue weighted by Crippen LogP contribution is 2.31. The summed E-state index contributed by atoms with van der Waals surface area (Å²) in [5, 5.41) is 10.5. The van der Waals surface area contributed by atoms with E-state index in [-0.39, 0.29) is 0 Å². The maximum atomic E-state index is 10.5. The molecule has 0 radical (unpaired) electrons. The highest BCUT2D eigenvalue weighted by atomic mass is 79.9. The highest BCUT2D eigenvalue weighted by Gasteiger charge is 2.15. The molecule has 1 atom stereocenters. The van der Waals surface area contributed by atoms with Crippen LogP contribution in [0.5, 0.6) is 5.75 Å². The smallest absolute Gasteiger partial charge is 0.137 e. The standard InChI is InChI=1S/C15H15Br2NO2/c1-2-5-20-12-6-10(8-18-9-12)15(19)13-4-3-11(16)7-14(13)17/h3-4,6-9,15,19H,2,5H2,1H3. The normalized spacial score (nSPS) is 12.2. The number of hydrogen-bond acceptors (Lipinski definition) is 3. The zero-order valence-electron chi connectivity index (χ0n) is 11.0. The van der Waals surface area contributed by atoms with Crippen LogP contribution in [0.3, 0.4) is 0 Å². The molecule has 1 heterocycles. The molecule has 0 fully saturated rings. The predicted molar refractivity (Wildman–Crippen MR) is 85.9 cm³/mol. The molecular weight excluding hydrogens is 386 g/mol. The van der Waals surface area contributed by atoms with Gasteiger partial charge in [0.25, 0.3) is 0 Å². The minimum Gasteiger partial charge on any atom is -0.492 e. The number of nitrogens with zero attached hydrogens (tertiary/aromatic N) is 1. The van der Waals surface area contributed by atoms with E-state index >= 15 is 0 Å². The molecule has 0 bridgehead atoms. The lowest BCUT2D eigenvalue weighted by molar-refractivity contribution is 0.218. The van der Waals surface area contributed by atoms with Gasteiger partial charge in [0.15, 0.2) is 0 Å². The molecule has 1 unspecified atom stereocenters. The summed E-state index contributed by atoms with van der Waals surface area (Å²) < 4.78 is 7.34. The number of ether oxygens (including phenoxy) is 1. The molecule has 106 valence electrons. The lowest BCUT2D eigenvalue weighted by atomic mass is 10.0. The summed E-state index contributed by atoms with van der Waals surface area (Å²) in [5.41, 5.74) is 1.50. The van der Waals surface area contributed by atoms with Gasteiger partial charge in [0.05, 0.1) is 12.8 Å². The van der Waals surface area contributed by atoms with Gasteiger partial charge in [0, 0.05) is 20.7 Å². The van der Waals surface area contributed by atoms with E-state index in [1.807, 2.05) is 31.2 Å². The van der Waals surface area contributed by atoms with Crippen molar-refractivity contribution in [3.63, 3.8) is 0 Å². The molecular formula is C15H15Br2NO2. The van der Waals surface area contributed by atoms with E-state index in [0.29, 0.717) is 17.9 Å². The van der Waals surface area contributed by atoms with E-state index in [9.17, 15) is 5.11 Å². The molecule has 3 nitrogen and oxygen atoms in total. The molecule has 2 rings (SSSR count). The molecule has 0 aliphatic rings. The molecule has 5 heteroatoms. The Morgan fingerprint density at radius 3 is 2.75 bits per heavy atom. The van der Waals surface area contributed by atoms with E-state index in [4.69, 9.17) is 4.74 Å². The van der Waals surface area contributed by atoms with Gasteiger partial charge in [0.2, 0.25) is 0 Å². The third kappa shape index (κ3) is 3.81. The minimum absolute atomic E-state index is 0.642. The number of halogens is 2. The molecule has 1 aromatic carbocycles. The quantitative estimate of drug-likeness (QED) is 0.804. The Bertz CT molecular complexity index is 590. The minimum atomic E-state index is -0.741. The van der Waals surface area contributed by atoms with Gasteiger partial charge in [-0.15, -0.1) is 0 Å². The number of rotatable bonds is 5. The van der Waals surface area contributed by atoms with Gasteiger partial charge < -0.3 is 9.84 Å². The van der Waals surface area contributed by atoms with Gasteiger partial charge in [-0.1, -0.05) is 44.8 Å². The number of benzene rings is 1. The van der Waals surface area contributed by atoms with E-state index in [0.717, 1.165) is 20.9 Å². The first-order valence-electron chi connectivity index (χ1n) is 6.32. The lowest BCUT2D eigenvalue weighted by Gasteiger charge is -2.14. The summed E-state index contributed by atoms with van der Waals surface area (Å²) in [6.07, 6.45) is 3.50. The largest absolute Gasteiger partial charge is 0.492 e. The summed E-state index contributed by atoms with van der Waals surface area (Å²) in [4.78, 5) is 4.12. The Morgan fingerprint density at radius 2 is 2.05 bits per heavy atom. The molecule has 0 amide bonds. The van der Waals surface area contributed by atoms with E-state index in [1.165, 1.54) is 0 Å². The van der Waals surface area contributed by atoms with Crippen molar-refractivity contribution in [1.82, 2.24) is 4.98 Å². The van der Waals surface area contributed by atoms with Gasteiger partial charge in [-0.3, -0.25) is 4.98 Å². The zero-order chi connectivity index (χ0) is 14.5. The fraction of sp³-hybridized carbons (Fsp3) is 0.267. The van der Waals surface area contributed by atoms with Gasteiger partial charge >= 0.3 is 0 Å². The second kappa shape index (κ2) is 7.20. The van der Waals surface area contributed by atoms with Crippen LogP contribution in [0.25, 0.3) is 0 Å². The van der Waals surface area contributed by atoms with E-state index in [2.05, 4.69) is 36.8 Å². The predicted octanol–water partition coefficient (Wildman–Crippen LogP) is 4.48. The van der Waals surface area contributed by atoms with Crippen LogP contribution in [0.4, 0.5) is 0 Å². The van der Waals surface area contributed by atoms with Crippen LogP contribution < -0.4 is 4.74 Å². The van der Waals surface area contributed by atoms with Gasteiger partial charge in [-0.25, -0.2) is 0 Å². The van der Waals surface area contributed by atoms with Crippen molar-refractivity contribution in [3.05, 3.63) is 56.7 Å². The Hall–Kier alpha value is -0.910. The Morgan fingerprint density at radius 1 is 1.25 bits per heavy atom. The maximum Gasteiger partial charge on any atom is 0.137 e. The van der Waals surface area contributed by atoms with Crippen molar-refractivity contribution in [2.75, 3.05) is 6.61 Å². The molecule has 20 heavy (non-hydrogen) atoms. The fourth-order valence-electron chi connectivity index (χ4n) is 1.79. The molecule has 0 spiro atoms. The topological polar surface area (TPSA) is 42.4 Å². The summed E-state index contributed by atoms with van der Waals surface area (Å²) >= 11 is 6.86. The van der Waals surface area contributed by atoms with Crippen molar-refractivity contribution in [1.29, 1.82) is 0 Å². The number of pyridine rings is 1. The third-order valence-electron chi connectivity index (χ3n) is 2.78. The second-order valence-electron chi connectivity index (χ2n) is 4.37. The Balaban J connectivity index is 2.26. The molecule has 1 N–H and O–H groups in total. The first-order valence-corrected chi connectivity index (χ1v) is 7.91. The third-order valence-corrected chi connectivity index (χ3v) is 3.96. The summed E-state index contributed by atoms with van der Waals surface area (Å²) in [6.45, 7) is 2.69. The number of aliphatic hydroxyl groups is 1. The number of aromatic nitrogens is 1. The Labute approximate surface area is 135 Å². The maximum absolute atomic E-state index is 10.5. The summed E-state index contributed by atoms with van der Waals surface area (Å²) in [6, 6.07) is 7.50. The van der Waals surface area contributed by atoms with E-state index < -0.39 is 6.10 Å². The van der Waals surface area contributed by atoms with Crippen LogP contribution in [0.15, 0.2) is 45.6 Å². The average Bonchev–Trinajstić information content (AvgIpc) is 2.45. The Kier molecular flexibility index (Phi) is 5.57. The van der Waals surface area contributed by atoms with Crippen LogP contribution >= 0.6 is 31.9 Å². The number of hydrogen-bond donors (Lipinski definition) is 1. The van der Waals surface area contributed by atoms with Crippen LogP contribution in [-0.4, -0.2) is 16.7 Å². The fourth-order valence-corrected chi connectivity index (χ4v) is 3.05. The van der Waals surface area contributed by atoms with Crippen molar-refractivity contribution in [2.45, 2.75) is 19.4 Å². The van der Waals surface area contributed by atoms with Gasteiger partial charge in [-0.05, 0) is 30.2 Å². The SMILES string of the molecule is CCCOc1cncc(C(O)c2ccc(Br)cc2Br)c1. The first kappa shape index (κ1) is 15.5. The molecule has 2 aromatic rings. The van der Waals surface area contributed by atoms with Crippen LogP contribution in [0, 0.1) is 0 Å². The second-order valence-corrected chi connectivity index (χ2v) is 6.14. The average molecular weight is 401 g/mol. The monoisotopic (exact) mass is 399 g/mol. The van der Waals surface area contributed by atoms with Crippen molar-refractivity contribution in [3.8, 4) is 5.75 Å². The van der Waals surface area contributed by atoms with Gasteiger partial charge in [0.1, 0.15) is 11.9 Å². The van der Waals surface area contributed by atoms with E-state index in [1.54, 1.807) is 12.4 Å². The summed E-state index contributed by atoms with van der Waals surface area (Å²) in [5.74, 6) is 0.677. The lowest BCUT2D eigenvalue weighted by Crippen LogP contribution is -2.03. The van der Waals surface area contributed by atoms with Gasteiger partial charge in [-0.2, -0.15) is 0 Å². The number of aliphatic hydroxyl groups excluding tert-OH is 1. The molecule has 0 aliphatic heterocycles. The molecule has 0 aliphatic carbocycles. The molecule has 0 saturated carbocycles.